The Balaban J connectivity index is 1.22. The molecule has 10 rings (SSSR count). The van der Waals surface area contributed by atoms with Gasteiger partial charge in [-0.25, -0.2) is 0 Å². The monoisotopic (exact) mass is 827 g/mol. The lowest BCUT2D eigenvalue weighted by Gasteiger charge is -2.47. The summed E-state index contributed by atoms with van der Waals surface area (Å²) in [5, 5.41) is 0. The van der Waals surface area contributed by atoms with Gasteiger partial charge in [-0.2, -0.15) is 0 Å². The van der Waals surface area contributed by atoms with Gasteiger partial charge >= 0.3 is 0 Å². The van der Waals surface area contributed by atoms with Crippen molar-refractivity contribution in [2.24, 2.45) is 0 Å². The van der Waals surface area contributed by atoms with Crippen LogP contribution in [0.3, 0.4) is 0 Å². The molecule has 0 atom stereocenters. The second-order valence-corrected chi connectivity index (χ2v) is 17.6. The summed E-state index contributed by atoms with van der Waals surface area (Å²) in [6, 6.07) is 78.9. The highest BCUT2D eigenvalue weighted by atomic mass is 15.2. The van der Waals surface area contributed by atoms with Crippen molar-refractivity contribution in [3.05, 3.63) is 268 Å². The largest absolute Gasteiger partial charge is 0.310 e. The SMILES string of the molecule is Cc1ccc(N2c3ccccc3C(c3ccc(N(c4cccc(C)c4)c4cccc(C)c4)cc3)(c3ccc(N(c4cccc(C)c4)c4cccc(C)c4)cc3)c3cc(C)ccc32)cc1. The Bertz CT molecular complexity index is 2900. The number of anilines is 9. The summed E-state index contributed by atoms with van der Waals surface area (Å²) < 4.78 is 0. The molecule has 64 heavy (non-hydrogen) atoms. The first-order valence-electron chi connectivity index (χ1n) is 22.3. The van der Waals surface area contributed by atoms with E-state index in [9.17, 15) is 0 Å². The minimum atomic E-state index is -0.675. The number of benzene rings is 9. The predicted octanol–water partition coefficient (Wildman–Crippen LogP) is 16.6. The lowest BCUT2D eigenvalue weighted by atomic mass is 9.62. The summed E-state index contributed by atoms with van der Waals surface area (Å²) >= 11 is 0. The summed E-state index contributed by atoms with van der Waals surface area (Å²) in [5.74, 6) is 0. The number of aryl methyl sites for hydroxylation is 6. The number of fused-ring (bicyclic) bond motifs is 2. The summed E-state index contributed by atoms with van der Waals surface area (Å²) in [6.07, 6.45) is 0. The van der Waals surface area contributed by atoms with E-state index >= 15 is 0 Å². The molecule has 3 nitrogen and oxygen atoms in total. The second kappa shape index (κ2) is 16.6. The van der Waals surface area contributed by atoms with Crippen molar-refractivity contribution in [1.29, 1.82) is 0 Å². The predicted molar refractivity (Wildman–Crippen MR) is 271 cm³/mol. The van der Waals surface area contributed by atoms with E-state index in [1.165, 1.54) is 61.3 Å². The van der Waals surface area contributed by atoms with Crippen LogP contribution in [-0.2, 0) is 5.41 Å². The van der Waals surface area contributed by atoms with E-state index in [0.717, 1.165) is 45.5 Å². The van der Waals surface area contributed by atoms with Crippen LogP contribution in [0.4, 0.5) is 51.2 Å². The van der Waals surface area contributed by atoms with Gasteiger partial charge in [-0.15, -0.1) is 0 Å². The second-order valence-electron chi connectivity index (χ2n) is 17.6. The quantitative estimate of drug-likeness (QED) is 0.144. The third-order valence-corrected chi connectivity index (χ3v) is 12.8. The highest BCUT2D eigenvalue weighted by Crippen LogP contribution is 2.58. The topological polar surface area (TPSA) is 9.72 Å². The number of para-hydroxylation sites is 1. The van der Waals surface area contributed by atoms with Crippen molar-refractivity contribution in [2.45, 2.75) is 47.0 Å². The molecule has 9 aromatic rings. The van der Waals surface area contributed by atoms with Crippen LogP contribution in [0.25, 0.3) is 0 Å². The van der Waals surface area contributed by atoms with Crippen LogP contribution in [0.1, 0.15) is 55.6 Å². The summed E-state index contributed by atoms with van der Waals surface area (Å²) in [5.41, 5.74) is 21.8. The fourth-order valence-electron chi connectivity index (χ4n) is 9.85. The summed E-state index contributed by atoms with van der Waals surface area (Å²) in [7, 11) is 0. The van der Waals surface area contributed by atoms with Crippen molar-refractivity contribution in [3.63, 3.8) is 0 Å². The van der Waals surface area contributed by atoms with Crippen molar-refractivity contribution < 1.29 is 0 Å². The number of nitrogens with zero attached hydrogens (tertiary/aromatic N) is 3. The molecular formula is C61H53N3. The summed E-state index contributed by atoms with van der Waals surface area (Å²) in [4.78, 5) is 7.21. The Kier molecular flexibility index (Phi) is 10.5. The van der Waals surface area contributed by atoms with E-state index in [0.29, 0.717) is 0 Å². The Morgan fingerprint density at radius 2 is 0.688 bits per heavy atom. The van der Waals surface area contributed by atoms with Gasteiger partial charge in [-0.05, 0) is 183 Å². The molecule has 0 spiro atoms. The zero-order chi connectivity index (χ0) is 44.0. The minimum Gasteiger partial charge on any atom is -0.310 e. The Labute approximate surface area is 379 Å². The molecule has 0 fully saturated rings. The minimum absolute atomic E-state index is 0.675. The van der Waals surface area contributed by atoms with Crippen LogP contribution in [0.2, 0.25) is 0 Å². The van der Waals surface area contributed by atoms with Crippen molar-refractivity contribution >= 4 is 51.2 Å². The van der Waals surface area contributed by atoms with Gasteiger partial charge in [-0.3, -0.25) is 0 Å². The fraction of sp³-hybridized carbons (Fsp3) is 0.115. The van der Waals surface area contributed by atoms with Gasteiger partial charge in [0.15, 0.2) is 0 Å². The maximum atomic E-state index is 2.46. The number of hydrogen-bond acceptors (Lipinski definition) is 3. The van der Waals surface area contributed by atoms with Crippen LogP contribution in [0.15, 0.2) is 212 Å². The van der Waals surface area contributed by atoms with Crippen molar-refractivity contribution in [1.82, 2.24) is 0 Å². The molecule has 1 aliphatic rings. The molecular weight excluding hydrogens is 775 g/mol. The van der Waals surface area contributed by atoms with Gasteiger partial charge in [0.05, 0.1) is 16.8 Å². The average Bonchev–Trinajstić information content (AvgIpc) is 3.30. The molecule has 0 unspecified atom stereocenters. The third kappa shape index (κ3) is 7.23. The molecule has 0 aliphatic carbocycles. The van der Waals surface area contributed by atoms with Gasteiger partial charge in [0, 0.05) is 39.8 Å². The van der Waals surface area contributed by atoms with E-state index < -0.39 is 5.41 Å². The molecule has 1 aliphatic heterocycles. The fourth-order valence-corrected chi connectivity index (χ4v) is 9.85. The molecule has 1 heterocycles. The third-order valence-electron chi connectivity index (χ3n) is 12.8. The van der Waals surface area contributed by atoms with Crippen LogP contribution < -0.4 is 14.7 Å². The molecule has 0 amide bonds. The standard InChI is InChI=1S/C61H53N3/c1-42-23-30-52(31-24-42)64-59-22-8-7-21-57(59)61(58-41-47(6)25-36-60(58)64,48-26-32-50(33-27-48)62(53-17-9-13-43(2)37-53)54-18-10-14-44(3)38-54)49-28-34-51(35-29-49)63(55-19-11-15-45(4)39-55)56-20-12-16-46(5)40-56/h7-41H,1-6H3. The molecule has 9 aromatic carbocycles. The van der Waals surface area contributed by atoms with Crippen LogP contribution in [-0.4, -0.2) is 0 Å². The molecule has 0 N–H and O–H groups in total. The van der Waals surface area contributed by atoms with Gasteiger partial charge < -0.3 is 14.7 Å². The van der Waals surface area contributed by atoms with Crippen molar-refractivity contribution in [2.75, 3.05) is 14.7 Å². The Hall–Kier alpha value is -7.62. The highest BCUT2D eigenvalue weighted by molar-refractivity contribution is 5.90. The lowest BCUT2D eigenvalue weighted by molar-refractivity contribution is 0.730. The Morgan fingerprint density at radius 1 is 0.297 bits per heavy atom. The van der Waals surface area contributed by atoms with Crippen LogP contribution in [0, 0.1) is 41.5 Å². The van der Waals surface area contributed by atoms with Crippen LogP contribution in [0.5, 0.6) is 0 Å². The number of hydrogen-bond donors (Lipinski definition) is 0. The van der Waals surface area contributed by atoms with Gasteiger partial charge in [0.1, 0.15) is 0 Å². The molecule has 0 aromatic heterocycles. The number of rotatable bonds is 9. The maximum Gasteiger partial charge on any atom is 0.0742 e. The molecule has 312 valence electrons. The van der Waals surface area contributed by atoms with E-state index in [-0.39, 0.29) is 0 Å². The molecule has 0 saturated heterocycles. The van der Waals surface area contributed by atoms with Gasteiger partial charge in [0.2, 0.25) is 0 Å². The van der Waals surface area contributed by atoms with Crippen LogP contribution >= 0.6 is 0 Å². The zero-order valence-electron chi connectivity index (χ0n) is 37.5. The average molecular weight is 828 g/mol. The van der Waals surface area contributed by atoms with E-state index in [1.54, 1.807) is 0 Å². The van der Waals surface area contributed by atoms with E-state index in [1.807, 2.05) is 0 Å². The molecule has 0 saturated carbocycles. The van der Waals surface area contributed by atoms with E-state index in [2.05, 4.69) is 269 Å². The summed E-state index contributed by atoms with van der Waals surface area (Å²) in [6.45, 7) is 13.0. The maximum absolute atomic E-state index is 2.46. The highest BCUT2D eigenvalue weighted by Gasteiger charge is 2.46. The lowest BCUT2D eigenvalue weighted by Crippen LogP contribution is -2.38. The molecule has 3 heteroatoms. The van der Waals surface area contributed by atoms with E-state index in [4.69, 9.17) is 0 Å². The smallest absolute Gasteiger partial charge is 0.0742 e. The first kappa shape index (κ1) is 40.5. The first-order chi connectivity index (χ1) is 31.2. The Morgan fingerprint density at radius 3 is 1.12 bits per heavy atom. The normalized spacial score (nSPS) is 12.6. The van der Waals surface area contributed by atoms with Gasteiger partial charge in [-0.1, -0.05) is 126 Å². The van der Waals surface area contributed by atoms with Crippen molar-refractivity contribution in [3.8, 4) is 0 Å². The molecule has 0 radical (unpaired) electrons. The molecule has 0 bridgehead atoms. The van der Waals surface area contributed by atoms with Gasteiger partial charge in [0.25, 0.3) is 0 Å². The zero-order valence-corrected chi connectivity index (χ0v) is 37.5. The first-order valence-corrected chi connectivity index (χ1v) is 22.3.